The first-order valence-corrected chi connectivity index (χ1v) is 6.89. The average molecular weight is 267 g/mol. The Balaban J connectivity index is 2.55. The summed E-state index contributed by atoms with van der Waals surface area (Å²) in [6.07, 6.45) is 0. The van der Waals surface area contributed by atoms with Gasteiger partial charge in [0.2, 0.25) is 0 Å². The fourth-order valence-electron chi connectivity index (χ4n) is 1.31. The van der Waals surface area contributed by atoms with E-state index < -0.39 is 11.2 Å². The van der Waals surface area contributed by atoms with E-state index in [1.54, 1.807) is 6.92 Å². The van der Waals surface area contributed by atoms with E-state index in [-0.39, 0.29) is 5.54 Å². The Kier molecular flexibility index (Phi) is 5.23. The lowest BCUT2D eigenvalue weighted by molar-refractivity contribution is -0.136. The molecular weight excluding hydrogens is 246 g/mol. The van der Waals surface area contributed by atoms with E-state index in [4.69, 9.17) is 5.11 Å². The number of hydrogen-bond acceptors (Lipinski definition) is 3. The molecule has 0 aromatic heterocycles. The van der Waals surface area contributed by atoms with Gasteiger partial charge in [0, 0.05) is 17.0 Å². The second-order valence-electron chi connectivity index (χ2n) is 5.35. The molecule has 1 atom stereocenters. The number of carboxylic acids is 1. The number of nitrogens with one attached hydrogen (secondary N) is 1. The fourth-order valence-corrected chi connectivity index (χ4v) is 2.11. The fraction of sp³-hybridized carbons (Fsp3) is 0.500. The number of hydrogen-bond donors (Lipinski definition) is 2. The lowest BCUT2D eigenvalue weighted by Crippen LogP contribution is -2.35. The molecular formula is C14H21NO2S. The molecule has 1 aromatic rings. The van der Waals surface area contributed by atoms with E-state index >= 15 is 0 Å². The van der Waals surface area contributed by atoms with Crippen LogP contribution in [0.15, 0.2) is 29.2 Å². The Hall–Kier alpha value is -1.00. The van der Waals surface area contributed by atoms with Gasteiger partial charge in [0.1, 0.15) is 5.25 Å². The minimum absolute atomic E-state index is 0.102. The van der Waals surface area contributed by atoms with Crippen molar-refractivity contribution in [3.8, 4) is 0 Å². The van der Waals surface area contributed by atoms with Gasteiger partial charge in [-0.2, -0.15) is 0 Å². The molecule has 0 aliphatic carbocycles. The zero-order chi connectivity index (χ0) is 13.8. The maximum atomic E-state index is 10.8. The summed E-state index contributed by atoms with van der Waals surface area (Å²) in [5.41, 5.74) is 1.31. The third-order valence-electron chi connectivity index (χ3n) is 2.41. The maximum Gasteiger partial charge on any atom is 0.316 e. The zero-order valence-electron chi connectivity index (χ0n) is 11.4. The molecule has 0 amide bonds. The average Bonchev–Trinajstić information content (AvgIpc) is 2.27. The third kappa shape index (κ3) is 5.56. The summed E-state index contributed by atoms with van der Waals surface area (Å²) < 4.78 is 0. The standard InChI is InChI=1S/C14H21NO2S/c1-10(13(16)17)18-12-7-5-11(6-8-12)9-15-14(2,3)4/h5-8,10,15H,9H2,1-4H3,(H,16,17). The van der Waals surface area contributed by atoms with Gasteiger partial charge in [-0.25, -0.2) is 0 Å². The lowest BCUT2D eigenvalue weighted by Gasteiger charge is -2.20. The molecule has 0 bridgehead atoms. The van der Waals surface area contributed by atoms with Crippen LogP contribution in [0.4, 0.5) is 0 Å². The van der Waals surface area contributed by atoms with E-state index in [1.165, 1.54) is 17.3 Å². The molecule has 0 saturated carbocycles. The first kappa shape index (κ1) is 15.1. The number of thioether (sulfide) groups is 1. The molecule has 0 aliphatic heterocycles. The predicted molar refractivity (Wildman–Crippen MR) is 76.0 cm³/mol. The topological polar surface area (TPSA) is 49.3 Å². The number of carboxylic acid groups (broad SMARTS) is 1. The highest BCUT2D eigenvalue weighted by molar-refractivity contribution is 8.00. The summed E-state index contributed by atoms with van der Waals surface area (Å²) in [7, 11) is 0. The van der Waals surface area contributed by atoms with Crippen LogP contribution in [-0.4, -0.2) is 21.9 Å². The Morgan fingerprint density at radius 2 is 1.89 bits per heavy atom. The molecule has 0 fully saturated rings. The van der Waals surface area contributed by atoms with Crippen molar-refractivity contribution < 1.29 is 9.90 Å². The SMILES string of the molecule is CC(Sc1ccc(CNC(C)(C)C)cc1)C(=O)O. The van der Waals surface area contributed by atoms with Crippen LogP contribution in [-0.2, 0) is 11.3 Å². The molecule has 0 saturated heterocycles. The molecule has 0 heterocycles. The summed E-state index contributed by atoms with van der Waals surface area (Å²) >= 11 is 1.36. The highest BCUT2D eigenvalue weighted by atomic mass is 32.2. The molecule has 1 aromatic carbocycles. The van der Waals surface area contributed by atoms with Gasteiger partial charge in [0.15, 0.2) is 0 Å². The van der Waals surface area contributed by atoms with Crippen molar-refractivity contribution in [2.45, 2.75) is 49.9 Å². The Morgan fingerprint density at radius 1 is 1.33 bits per heavy atom. The molecule has 0 radical (unpaired) electrons. The van der Waals surface area contributed by atoms with Gasteiger partial charge in [-0.05, 0) is 45.4 Å². The molecule has 100 valence electrons. The van der Waals surface area contributed by atoms with Gasteiger partial charge >= 0.3 is 5.97 Å². The molecule has 2 N–H and O–H groups in total. The molecule has 3 nitrogen and oxygen atoms in total. The minimum atomic E-state index is -0.779. The summed E-state index contributed by atoms with van der Waals surface area (Å²) in [6.45, 7) is 8.91. The second-order valence-corrected chi connectivity index (χ2v) is 6.76. The van der Waals surface area contributed by atoms with Crippen LogP contribution in [0.5, 0.6) is 0 Å². The van der Waals surface area contributed by atoms with Crippen molar-refractivity contribution in [1.29, 1.82) is 0 Å². The summed E-state index contributed by atoms with van der Waals surface area (Å²) in [5.74, 6) is -0.779. The van der Waals surface area contributed by atoms with Crippen LogP contribution in [0.3, 0.4) is 0 Å². The van der Waals surface area contributed by atoms with Crippen LogP contribution >= 0.6 is 11.8 Å². The van der Waals surface area contributed by atoms with Crippen LogP contribution < -0.4 is 5.32 Å². The molecule has 1 rings (SSSR count). The minimum Gasteiger partial charge on any atom is -0.480 e. The largest absolute Gasteiger partial charge is 0.480 e. The molecule has 18 heavy (non-hydrogen) atoms. The van der Waals surface area contributed by atoms with Crippen molar-refractivity contribution in [1.82, 2.24) is 5.32 Å². The van der Waals surface area contributed by atoms with E-state index in [0.29, 0.717) is 0 Å². The van der Waals surface area contributed by atoms with E-state index in [1.807, 2.05) is 24.3 Å². The van der Waals surface area contributed by atoms with Gasteiger partial charge in [-0.1, -0.05) is 12.1 Å². The molecule has 4 heteroatoms. The smallest absolute Gasteiger partial charge is 0.316 e. The maximum absolute atomic E-state index is 10.8. The van der Waals surface area contributed by atoms with Crippen LogP contribution in [0.25, 0.3) is 0 Å². The number of carbonyl (C=O) groups is 1. The van der Waals surface area contributed by atoms with Crippen LogP contribution in [0.1, 0.15) is 33.3 Å². The third-order valence-corrected chi connectivity index (χ3v) is 3.51. The monoisotopic (exact) mass is 267 g/mol. The van der Waals surface area contributed by atoms with E-state index in [9.17, 15) is 4.79 Å². The number of benzene rings is 1. The molecule has 1 unspecified atom stereocenters. The summed E-state index contributed by atoms with van der Waals surface area (Å²) in [5, 5.41) is 11.8. The van der Waals surface area contributed by atoms with Crippen molar-refractivity contribution in [2.75, 3.05) is 0 Å². The predicted octanol–water partition coefficient (Wildman–Crippen LogP) is 3.14. The number of aliphatic carboxylic acids is 1. The van der Waals surface area contributed by atoms with Crippen molar-refractivity contribution in [2.24, 2.45) is 0 Å². The summed E-state index contributed by atoms with van der Waals surface area (Å²) in [6, 6.07) is 8.03. The Morgan fingerprint density at radius 3 is 2.33 bits per heavy atom. The lowest BCUT2D eigenvalue weighted by atomic mass is 10.1. The van der Waals surface area contributed by atoms with Crippen molar-refractivity contribution in [3.63, 3.8) is 0 Å². The molecule has 0 aliphatic rings. The van der Waals surface area contributed by atoms with E-state index in [0.717, 1.165) is 11.4 Å². The van der Waals surface area contributed by atoms with Gasteiger partial charge in [-0.3, -0.25) is 4.79 Å². The first-order chi connectivity index (χ1) is 8.28. The van der Waals surface area contributed by atoms with Gasteiger partial charge in [0.05, 0.1) is 0 Å². The number of rotatable bonds is 5. The summed E-state index contributed by atoms with van der Waals surface area (Å²) in [4.78, 5) is 11.7. The van der Waals surface area contributed by atoms with Crippen molar-refractivity contribution in [3.05, 3.63) is 29.8 Å². The first-order valence-electron chi connectivity index (χ1n) is 6.01. The van der Waals surface area contributed by atoms with Gasteiger partial charge < -0.3 is 10.4 Å². The quantitative estimate of drug-likeness (QED) is 0.805. The van der Waals surface area contributed by atoms with Crippen LogP contribution in [0, 0.1) is 0 Å². The van der Waals surface area contributed by atoms with Gasteiger partial charge in [0.25, 0.3) is 0 Å². The van der Waals surface area contributed by atoms with Gasteiger partial charge in [-0.15, -0.1) is 11.8 Å². The highest BCUT2D eigenvalue weighted by Gasteiger charge is 2.12. The van der Waals surface area contributed by atoms with E-state index in [2.05, 4.69) is 26.1 Å². The highest BCUT2D eigenvalue weighted by Crippen LogP contribution is 2.23. The molecule has 0 spiro atoms. The Labute approximate surface area is 113 Å². The van der Waals surface area contributed by atoms with Crippen LogP contribution in [0.2, 0.25) is 0 Å². The van der Waals surface area contributed by atoms with Crippen molar-refractivity contribution >= 4 is 17.7 Å². The Bertz CT molecular complexity index is 395. The second kappa shape index (κ2) is 6.25. The normalized spacial score (nSPS) is 13.3. The zero-order valence-corrected chi connectivity index (χ0v) is 12.2.